The van der Waals surface area contributed by atoms with E-state index in [0.29, 0.717) is 28.2 Å². The molecule has 0 fully saturated rings. The van der Waals surface area contributed by atoms with Crippen molar-refractivity contribution < 1.29 is 13.0 Å². The fourth-order valence-corrected chi connectivity index (χ4v) is 3.84. The number of nitrogens with zero attached hydrogens (tertiary/aromatic N) is 2. The Morgan fingerprint density at radius 2 is 1.41 bits per heavy atom. The smallest absolute Gasteiger partial charge is 0.295 e. The number of para-hydroxylation sites is 1. The Kier molecular flexibility index (Phi) is 5.98. The Hall–Kier alpha value is -4.01. The van der Waals surface area contributed by atoms with Crippen LogP contribution in [0.1, 0.15) is 0 Å². The number of azo groups is 1. The average Bonchev–Trinajstić information content (AvgIpc) is 2.79. The summed E-state index contributed by atoms with van der Waals surface area (Å²) < 4.78 is 33.0. The van der Waals surface area contributed by atoms with E-state index in [9.17, 15) is 13.0 Å². The first-order valence-corrected chi connectivity index (χ1v) is 11.1. The Morgan fingerprint density at radius 3 is 2.12 bits per heavy atom. The molecular weight excluding hydrogens is 424 g/mol. The first kappa shape index (κ1) is 21.2. The van der Waals surface area contributed by atoms with Crippen LogP contribution in [0.3, 0.4) is 0 Å². The highest BCUT2D eigenvalue weighted by molar-refractivity contribution is 7.86. The van der Waals surface area contributed by atoms with Gasteiger partial charge in [0.05, 0.1) is 11.4 Å². The van der Waals surface area contributed by atoms with E-state index in [0.717, 1.165) is 11.4 Å². The lowest BCUT2D eigenvalue weighted by Gasteiger charge is -2.09. The predicted molar refractivity (Wildman–Crippen MR) is 126 cm³/mol. The Balaban J connectivity index is 1.56. The summed E-state index contributed by atoms with van der Waals surface area (Å²) in [4.78, 5) is -0.220. The first-order chi connectivity index (χ1) is 15.4. The topological polar surface area (TPSA) is 117 Å². The quantitative estimate of drug-likeness (QED) is 0.182. The molecule has 0 heterocycles. The zero-order chi connectivity index (χ0) is 22.6. The highest BCUT2D eigenvalue weighted by atomic mass is 32.2. The van der Waals surface area contributed by atoms with E-state index in [1.165, 1.54) is 18.2 Å². The molecule has 8 heteroatoms. The minimum Gasteiger partial charge on any atom is -0.399 e. The molecule has 0 atom stereocenters. The van der Waals surface area contributed by atoms with Crippen LogP contribution in [0.4, 0.5) is 28.4 Å². The van der Waals surface area contributed by atoms with Gasteiger partial charge in [0.15, 0.2) is 0 Å². The van der Waals surface area contributed by atoms with Gasteiger partial charge in [-0.15, -0.1) is 0 Å². The lowest BCUT2D eigenvalue weighted by molar-refractivity contribution is 0.483. The summed E-state index contributed by atoms with van der Waals surface area (Å²) in [6, 6.07) is 28.4. The average molecular weight is 445 g/mol. The number of nitrogens with two attached hydrogens (primary N) is 1. The van der Waals surface area contributed by atoms with Gasteiger partial charge in [-0.3, -0.25) is 4.55 Å². The summed E-state index contributed by atoms with van der Waals surface area (Å²) in [6.07, 6.45) is 0. The largest absolute Gasteiger partial charge is 0.399 e. The Labute approximate surface area is 186 Å². The van der Waals surface area contributed by atoms with Gasteiger partial charge < -0.3 is 11.1 Å². The Morgan fingerprint density at radius 1 is 0.719 bits per heavy atom. The van der Waals surface area contributed by atoms with Gasteiger partial charge in [-0.25, -0.2) is 0 Å². The highest BCUT2D eigenvalue weighted by Crippen LogP contribution is 2.32. The fraction of sp³-hybridized carbons (Fsp3) is 0. The maximum absolute atomic E-state index is 11.7. The van der Waals surface area contributed by atoms with E-state index in [-0.39, 0.29) is 4.90 Å². The molecule has 0 amide bonds. The van der Waals surface area contributed by atoms with Crippen LogP contribution in [0.25, 0.3) is 11.1 Å². The van der Waals surface area contributed by atoms with Gasteiger partial charge in [-0.1, -0.05) is 30.3 Å². The van der Waals surface area contributed by atoms with E-state index in [1.54, 1.807) is 24.3 Å². The van der Waals surface area contributed by atoms with E-state index in [1.807, 2.05) is 54.6 Å². The van der Waals surface area contributed by atoms with Crippen LogP contribution in [-0.2, 0) is 10.1 Å². The molecule has 4 aromatic carbocycles. The molecule has 4 aromatic rings. The summed E-state index contributed by atoms with van der Waals surface area (Å²) in [7, 11) is -4.41. The molecule has 0 unspecified atom stereocenters. The van der Waals surface area contributed by atoms with Crippen molar-refractivity contribution >= 4 is 38.6 Å². The number of nitrogen functional groups attached to an aromatic ring is 1. The molecule has 0 spiro atoms. The van der Waals surface area contributed by atoms with Crippen molar-refractivity contribution in [2.45, 2.75) is 4.90 Å². The second-order valence-corrected chi connectivity index (χ2v) is 8.41. The van der Waals surface area contributed by atoms with Gasteiger partial charge in [0.1, 0.15) is 4.90 Å². The second kappa shape index (κ2) is 9.01. The van der Waals surface area contributed by atoms with E-state index >= 15 is 0 Å². The number of nitrogens with one attached hydrogen (secondary N) is 1. The normalized spacial score (nSPS) is 11.5. The molecule has 4 rings (SSSR count). The van der Waals surface area contributed by atoms with Crippen LogP contribution in [0.2, 0.25) is 0 Å². The number of hydrogen-bond acceptors (Lipinski definition) is 6. The molecule has 0 aliphatic rings. The molecular formula is C24H20N4O3S. The maximum atomic E-state index is 11.7. The number of benzene rings is 4. The molecule has 32 heavy (non-hydrogen) atoms. The van der Waals surface area contributed by atoms with E-state index < -0.39 is 10.1 Å². The van der Waals surface area contributed by atoms with E-state index in [2.05, 4.69) is 15.5 Å². The molecule has 0 aliphatic heterocycles. The van der Waals surface area contributed by atoms with E-state index in [4.69, 9.17) is 5.73 Å². The van der Waals surface area contributed by atoms with Gasteiger partial charge in [-0.2, -0.15) is 18.6 Å². The predicted octanol–water partition coefficient (Wildman–Crippen LogP) is 6.34. The van der Waals surface area contributed by atoms with Crippen LogP contribution in [0, 0.1) is 0 Å². The van der Waals surface area contributed by atoms with Crippen LogP contribution < -0.4 is 11.1 Å². The van der Waals surface area contributed by atoms with Crippen molar-refractivity contribution in [1.29, 1.82) is 0 Å². The zero-order valence-corrected chi connectivity index (χ0v) is 17.7. The van der Waals surface area contributed by atoms with Crippen molar-refractivity contribution in [3.05, 3.63) is 97.1 Å². The van der Waals surface area contributed by atoms with Crippen molar-refractivity contribution in [2.75, 3.05) is 11.1 Å². The lowest BCUT2D eigenvalue weighted by Crippen LogP contribution is -2.01. The summed E-state index contributed by atoms with van der Waals surface area (Å²) in [5.74, 6) is 0. The minimum absolute atomic E-state index is 0.220. The molecule has 4 N–H and O–H groups in total. The standard InChI is InChI=1S/C24H20N4O3S/c25-18-9-14-24(32(29,30)31)23(16-18)17-5-4-8-22(15-17)28-27-21-12-10-20(11-13-21)26-19-6-2-1-3-7-19/h1-16,26H,25H2,(H,29,30,31)/b28-27+. The third kappa shape index (κ3) is 5.18. The van der Waals surface area contributed by atoms with Gasteiger partial charge in [0, 0.05) is 22.6 Å². The molecule has 0 aliphatic carbocycles. The number of hydrogen-bond donors (Lipinski definition) is 3. The second-order valence-electron chi connectivity index (χ2n) is 7.02. The minimum atomic E-state index is -4.41. The summed E-state index contributed by atoms with van der Waals surface area (Å²) in [5.41, 5.74) is 10.1. The molecule has 0 bridgehead atoms. The molecule has 0 saturated heterocycles. The lowest BCUT2D eigenvalue weighted by atomic mass is 10.0. The van der Waals surface area contributed by atoms with Crippen LogP contribution in [0.15, 0.2) is 112 Å². The van der Waals surface area contributed by atoms with Crippen molar-refractivity contribution in [3.63, 3.8) is 0 Å². The molecule has 160 valence electrons. The van der Waals surface area contributed by atoms with Crippen molar-refractivity contribution in [2.24, 2.45) is 10.2 Å². The summed E-state index contributed by atoms with van der Waals surface area (Å²) in [6.45, 7) is 0. The molecule has 0 saturated carbocycles. The number of rotatable bonds is 6. The first-order valence-electron chi connectivity index (χ1n) is 9.70. The van der Waals surface area contributed by atoms with Gasteiger partial charge >= 0.3 is 0 Å². The third-order valence-electron chi connectivity index (χ3n) is 4.65. The van der Waals surface area contributed by atoms with Crippen LogP contribution in [0.5, 0.6) is 0 Å². The molecule has 7 nitrogen and oxygen atoms in total. The number of anilines is 3. The fourth-order valence-electron chi connectivity index (χ4n) is 3.15. The van der Waals surface area contributed by atoms with Crippen molar-refractivity contribution in [3.8, 4) is 11.1 Å². The van der Waals surface area contributed by atoms with Crippen LogP contribution >= 0.6 is 0 Å². The SMILES string of the molecule is Nc1ccc(S(=O)(=O)O)c(-c2cccc(/N=N/c3ccc(Nc4ccccc4)cc3)c2)c1. The Bertz CT molecular complexity index is 1370. The zero-order valence-electron chi connectivity index (χ0n) is 16.9. The summed E-state index contributed by atoms with van der Waals surface area (Å²) >= 11 is 0. The van der Waals surface area contributed by atoms with Gasteiger partial charge in [0.25, 0.3) is 10.1 Å². The molecule has 0 aromatic heterocycles. The van der Waals surface area contributed by atoms with Crippen molar-refractivity contribution in [1.82, 2.24) is 0 Å². The van der Waals surface area contributed by atoms with Gasteiger partial charge in [0.2, 0.25) is 0 Å². The van der Waals surface area contributed by atoms with Crippen LogP contribution in [-0.4, -0.2) is 13.0 Å². The third-order valence-corrected chi connectivity index (χ3v) is 5.56. The molecule has 0 radical (unpaired) electrons. The highest BCUT2D eigenvalue weighted by Gasteiger charge is 2.17. The van der Waals surface area contributed by atoms with Gasteiger partial charge in [-0.05, 0) is 72.3 Å². The summed E-state index contributed by atoms with van der Waals surface area (Å²) in [5, 5.41) is 11.8. The maximum Gasteiger partial charge on any atom is 0.295 e. The monoisotopic (exact) mass is 444 g/mol.